The highest BCUT2D eigenvalue weighted by molar-refractivity contribution is 6.49. The van der Waals surface area contributed by atoms with Gasteiger partial charge in [0.1, 0.15) is 0 Å². The average molecular weight is 618 g/mol. The van der Waals surface area contributed by atoms with Crippen molar-refractivity contribution in [3.8, 4) is 0 Å². The summed E-state index contributed by atoms with van der Waals surface area (Å²) in [6.07, 6.45) is 24.1. The van der Waals surface area contributed by atoms with Gasteiger partial charge in [-0.2, -0.15) is 10.2 Å². The van der Waals surface area contributed by atoms with Crippen molar-refractivity contribution in [2.75, 3.05) is 0 Å². The van der Waals surface area contributed by atoms with Gasteiger partial charge in [0.05, 0.1) is 5.69 Å². The van der Waals surface area contributed by atoms with E-state index in [1.165, 1.54) is 80.9 Å². The number of nitrogens with zero attached hydrogens (tertiary/aromatic N) is 2. The second-order valence-corrected chi connectivity index (χ2v) is 14.6. The van der Waals surface area contributed by atoms with E-state index < -0.39 is 0 Å². The normalized spacial score (nSPS) is 20.7. The summed E-state index contributed by atoms with van der Waals surface area (Å²) in [4.78, 5) is 17.1. The van der Waals surface area contributed by atoms with E-state index in [-0.39, 0.29) is 17.1 Å². The van der Waals surface area contributed by atoms with E-state index in [0.717, 1.165) is 42.1 Å². The van der Waals surface area contributed by atoms with Crippen LogP contribution in [-0.2, 0) is 6.42 Å². The smallest absolute Gasteiger partial charge is 0.179 e. The van der Waals surface area contributed by atoms with E-state index in [1.807, 2.05) is 19.9 Å². The third kappa shape index (κ3) is 8.62. The zero-order valence-corrected chi connectivity index (χ0v) is 29.1. The van der Waals surface area contributed by atoms with Crippen molar-refractivity contribution in [1.82, 2.24) is 4.98 Å². The van der Waals surface area contributed by atoms with Crippen LogP contribution in [0.1, 0.15) is 147 Å². The molecule has 1 aromatic rings. The summed E-state index contributed by atoms with van der Waals surface area (Å²) in [5, 5.41) is 9.56. The predicted molar refractivity (Wildman–Crippen MR) is 190 cm³/mol. The fraction of sp³-hybridized carbons (Fsp3) is 0.615. The third-order valence-electron chi connectivity index (χ3n) is 10.3. The Kier molecular flexibility index (Phi) is 11.9. The number of nitrogens with one attached hydrogen (secondary N) is 1. The average Bonchev–Trinajstić information content (AvgIpc) is 3.92. The molecule has 0 aliphatic heterocycles. The Balaban J connectivity index is 1.50. The molecular weight excluding hydrogens is 562 g/mol. The topological polar surface area (TPSA) is 57.6 Å². The van der Waals surface area contributed by atoms with Crippen molar-refractivity contribution in [2.24, 2.45) is 32.9 Å². The standard InChI is InChI=1S/C39H56ClN3O/c1-8-11-12-13-14-27(4)22-33-24-34(35(40)9-2)37(42-33)36(44)18-15-28(5)21-32(23-29(6)31-16-17-31)39(30(7)43-41-10-3)25-38(26-39)19-20-38/h9-10,21,23-24,28,31,42H,4,8,11-20,22,25-26H2,1-3,5-7H3/b29-23+,32-21+,35-9+,41-10-,43-30+. The van der Waals surface area contributed by atoms with Gasteiger partial charge in [0, 0.05) is 46.5 Å². The van der Waals surface area contributed by atoms with Crippen LogP contribution in [0.3, 0.4) is 0 Å². The Bertz CT molecular complexity index is 1340. The van der Waals surface area contributed by atoms with Gasteiger partial charge in [0.15, 0.2) is 5.78 Å². The minimum atomic E-state index is -0.0443. The van der Waals surface area contributed by atoms with Crippen molar-refractivity contribution < 1.29 is 4.79 Å². The quantitative estimate of drug-likeness (QED) is 0.0437. The van der Waals surface area contributed by atoms with E-state index in [4.69, 9.17) is 11.6 Å². The number of H-pyrrole nitrogens is 1. The highest BCUT2D eigenvalue weighted by atomic mass is 35.5. The SMILES string of the molecule is C=C(CCCCCC)Cc1cc(/C(Cl)=C\C)c(C(=O)CCC(C)/C=C(\C=C(/C)C2CC2)C2(/C(C)=N/N=C\C)CC3(CC3)C2)[nH]1. The lowest BCUT2D eigenvalue weighted by molar-refractivity contribution is 0.0972. The maximum atomic E-state index is 13.7. The summed E-state index contributed by atoms with van der Waals surface area (Å²) >= 11 is 6.61. The molecule has 0 aromatic carbocycles. The van der Waals surface area contributed by atoms with Crippen molar-refractivity contribution >= 4 is 34.3 Å². The largest absolute Gasteiger partial charge is 0.355 e. The second-order valence-electron chi connectivity index (χ2n) is 14.2. The molecule has 3 aliphatic carbocycles. The molecule has 1 N–H and O–H groups in total. The van der Waals surface area contributed by atoms with Crippen molar-refractivity contribution in [3.05, 3.63) is 64.5 Å². The summed E-state index contributed by atoms with van der Waals surface area (Å²) < 4.78 is 0. The zero-order chi connectivity index (χ0) is 31.9. The molecule has 0 saturated heterocycles. The molecule has 3 aliphatic rings. The molecule has 1 atom stereocenters. The number of allylic oxidation sites excluding steroid dienone is 6. The van der Waals surface area contributed by atoms with Crippen LogP contribution in [0.25, 0.3) is 5.03 Å². The maximum Gasteiger partial charge on any atom is 0.179 e. The number of aromatic amines is 1. The van der Waals surface area contributed by atoms with Crippen LogP contribution in [0.15, 0.2) is 57.8 Å². The number of Topliss-reactive ketones (excluding diaryl/α,β-unsaturated/α-hetero) is 1. The zero-order valence-electron chi connectivity index (χ0n) is 28.3. The Hall–Kier alpha value is -2.46. The number of carbonyl (C=O) groups is 1. The molecule has 0 radical (unpaired) electrons. The molecule has 5 heteroatoms. The summed E-state index contributed by atoms with van der Waals surface area (Å²) in [6, 6.07) is 2.05. The number of hydrogen-bond acceptors (Lipinski definition) is 3. The lowest BCUT2D eigenvalue weighted by Crippen LogP contribution is -2.45. The van der Waals surface area contributed by atoms with Gasteiger partial charge in [-0.25, -0.2) is 0 Å². The molecular formula is C39H56ClN3O. The summed E-state index contributed by atoms with van der Waals surface area (Å²) in [6.45, 7) is 17.1. The summed E-state index contributed by atoms with van der Waals surface area (Å²) in [7, 11) is 0. The Morgan fingerprint density at radius 2 is 1.89 bits per heavy atom. The Morgan fingerprint density at radius 1 is 1.16 bits per heavy atom. The van der Waals surface area contributed by atoms with E-state index in [1.54, 1.807) is 6.21 Å². The van der Waals surface area contributed by atoms with Crippen molar-refractivity contribution in [2.45, 2.75) is 131 Å². The van der Waals surface area contributed by atoms with Gasteiger partial charge in [-0.05, 0) is 114 Å². The molecule has 4 rings (SSSR count). The minimum absolute atomic E-state index is 0.0443. The van der Waals surface area contributed by atoms with Crippen molar-refractivity contribution in [3.63, 3.8) is 0 Å². The van der Waals surface area contributed by atoms with Gasteiger partial charge in [-0.1, -0.05) is 80.7 Å². The molecule has 1 unspecified atom stereocenters. The van der Waals surface area contributed by atoms with E-state index >= 15 is 0 Å². The van der Waals surface area contributed by atoms with Crippen LogP contribution in [0.5, 0.6) is 0 Å². The summed E-state index contributed by atoms with van der Waals surface area (Å²) in [5.41, 5.74) is 8.14. The first-order chi connectivity index (χ1) is 21.1. The molecule has 0 bridgehead atoms. The number of rotatable bonds is 18. The Labute approximate surface area is 272 Å². The molecule has 3 saturated carbocycles. The number of aromatic nitrogens is 1. The van der Waals surface area contributed by atoms with E-state index in [2.05, 4.69) is 67.7 Å². The molecule has 44 heavy (non-hydrogen) atoms. The number of unbranched alkanes of at least 4 members (excludes halogenated alkanes) is 3. The molecule has 1 aromatic heterocycles. The van der Waals surface area contributed by atoms with Gasteiger partial charge < -0.3 is 4.98 Å². The molecule has 1 heterocycles. The fourth-order valence-corrected chi connectivity index (χ4v) is 7.27. The molecule has 240 valence electrons. The van der Waals surface area contributed by atoms with Crippen LogP contribution >= 0.6 is 11.6 Å². The van der Waals surface area contributed by atoms with Crippen LogP contribution in [0, 0.1) is 22.7 Å². The fourth-order valence-electron chi connectivity index (χ4n) is 7.12. The number of hydrogen-bond donors (Lipinski definition) is 1. The van der Waals surface area contributed by atoms with Gasteiger partial charge in [-0.3, -0.25) is 4.79 Å². The highest BCUT2D eigenvalue weighted by Gasteiger charge is 2.63. The first-order valence-corrected chi connectivity index (χ1v) is 17.6. The summed E-state index contributed by atoms with van der Waals surface area (Å²) in [5.74, 6) is 1.10. The molecule has 1 spiro atoms. The van der Waals surface area contributed by atoms with Gasteiger partial charge >= 0.3 is 0 Å². The van der Waals surface area contributed by atoms with Gasteiger partial charge in [0.25, 0.3) is 0 Å². The Morgan fingerprint density at radius 3 is 2.50 bits per heavy atom. The van der Waals surface area contributed by atoms with Crippen LogP contribution < -0.4 is 0 Å². The number of carbonyl (C=O) groups excluding carboxylic acids is 1. The van der Waals surface area contributed by atoms with Crippen molar-refractivity contribution in [1.29, 1.82) is 0 Å². The van der Waals surface area contributed by atoms with E-state index in [9.17, 15) is 4.79 Å². The minimum Gasteiger partial charge on any atom is -0.355 e. The number of halogens is 1. The van der Waals surface area contributed by atoms with E-state index in [0.29, 0.717) is 22.6 Å². The third-order valence-corrected chi connectivity index (χ3v) is 10.7. The molecule has 3 fully saturated rings. The lowest BCUT2D eigenvalue weighted by Gasteiger charge is -2.50. The monoisotopic (exact) mass is 617 g/mol. The predicted octanol–water partition coefficient (Wildman–Crippen LogP) is 11.6. The highest BCUT2D eigenvalue weighted by Crippen LogP contribution is 2.71. The molecule has 0 amide bonds. The van der Waals surface area contributed by atoms with Crippen LogP contribution in [-0.4, -0.2) is 22.7 Å². The van der Waals surface area contributed by atoms with Crippen LogP contribution in [0.4, 0.5) is 0 Å². The maximum absolute atomic E-state index is 13.7. The molecule has 4 nitrogen and oxygen atoms in total. The lowest BCUT2D eigenvalue weighted by atomic mass is 9.53. The van der Waals surface area contributed by atoms with Gasteiger partial charge in [-0.15, -0.1) is 0 Å². The first kappa shape index (κ1) is 34.4. The van der Waals surface area contributed by atoms with Gasteiger partial charge in [0.2, 0.25) is 0 Å². The number of ketones is 1. The van der Waals surface area contributed by atoms with Crippen LogP contribution in [0.2, 0.25) is 0 Å². The second kappa shape index (κ2) is 15.2. The first-order valence-electron chi connectivity index (χ1n) is 17.2.